The number of hydrogen-bond acceptors (Lipinski definition) is 5. The van der Waals surface area contributed by atoms with Crippen LogP contribution in [0.4, 0.5) is 20.6 Å². The SMILES string of the molecule is Cc1cccc(F)c1NCc1cnc(Cl)cc1NC1CCCC(NC(=O)OC(C)(C)C)C1. The van der Waals surface area contributed by atoms with E-state index in [0.29, 0.717) is 17.4 Å². The third-order valence-corrected chi connectivity index (χ3v) is 5.59. The molecule has 1 heterocycles. The second-order valence-corrected chi connectivity index (χ2v) is 9.69. The van der Waals surface area contributed by atoms with Crippen LogP contribution in [-0.2, 0) is 11.3 Å². The maximum absolute atomic E-state index is 14.2. The summed E-state index contributed by atoms with van der Waals surface area (Å²) in [6.45, 7) is 7.82. The summed E-state index contributed by atoms with van der Waals surface area (Å²) in [6, 6.07) is 6.99. The monoisotopic (exact) mass is 462 g/mol. The first-order valence-electron chi connectivity index (χ1n) is 11.0. The lowest BCUT2D eigenvalue weighted by molar-refractivity contribution is 0.0492. The maximum Gasteiger partial charge on any atom is 0.407 e. The smallest absolute Gasteiger partial charge is 0.407 e. The molecule has 1 saturated carbocycles. The Kier molecular flexibility index (Phi) is 7.82. The number of halogens is 2. The minimum Gasteiger partial charge on any atom is -0.444 e. The minimum absolute atomic E-state index is 0.0380. The van der Waals surface area contributed by atoms with Crippen molar-refractivity contribution in [1.29, 1.82) is 0 Å². The van der Waals surface area contributed by atoms with E-state index < -0.39 is 5.60 Å². The Bertz CT molecular complexity index is 928. The topological polar surface area (TPSA) is 75.3 Å². The highest BCUT2D eigenvalue weighted by atomic mass is 35.5. The molecule has 2 atom stereocenters. The predicted molar refractivity (Wildman–Crippen MR) is 127 cm³/mol. The van der Waals surface area contributed by atoms with Gasteiger partial charge in [-0.3, -0.25) is 0 Å². The van der Waals surface area contributed by atoms with Crippen molar-refractivity contribution in [3.8, 4) is 0 Å². The first-order chi connectivity index (χ1) is 15.1. The van der Waals surface area contributed by atoms with Gasteiger partial charge in [0.25, 0.3) is 0 Å². The lowest BCUT2D eigenvalue weighted by Crippen LogP contribution is -2.44. The van der Waals surface area contributed by atoms with E-state index in [1.807, 2.05) is 33.8 Å². The second-order valence-electron chi connectivity index (χ2n) is 9.30. The Hall–Kier alpha value is -2.54. The number of aryl methyl sites for hydroxylation is 1. The molecular weight excluding hydrogens is 431 g/mol. The number of para-hydroxylation sites is 1. The van der Waals surface area contributed by atoms with Crippen LogP contribution in [0.15, 0.2) is 30.5 Å². The summed E-state index contributed by atoms with van der Waals surface area (Å²) in [5, 5.41) is 10.1. The molecule has 8 heteroatoms. The Balaban J connectivity index is 1.65. The number of benzene rings is 1. The van der Waals surface area contributed by atoms with E-state index in [2.05, 4.69) is 20.9 Å². The number of carbonyl (C=O) groups is 1. The lowest BCUT2D eigenvalue weighted by atomic mass is 9.90. The molecule has 0 spiro atoms. The maximum atomic E-state index is 14.2. The number of amides is 1. The van der Waals surface area contributed by atoms with Crippen molar-refractivity contribution in [3.63, 3.8) is 0 Å². The number of anilines is 2. The Labute approximate surface area is 194 Å². The number of nitrogens with zero attached hydrogens (tertiary/aromatic N) is 1. The van der Waals surface area contributed by atoms with Crippen molar-refractivity contribution in [3.05, 3.63) is 52.6 Å². The number of carbonyl (C=O) groups excluding carboxylic acids is 1. The first kappa shape index (κ1) is 24.1. The summed E-state index contributed by atoms with van der Waals surface area (Å²) in [5.41, 5.74) is 2.54. The molecule has 0 radical (unpaired) electrons. The number of alkyl carbamates (subject to hydrolysis) is 1. The number of aromatic nitrogens is 1. The van der Waals surface area contributed by atoms with Gasteiger partial charge >= 0.3 is 6.09 Å². The van der Waals surface area contributed by atoms with Crippen LogP contribution in [0.25, 0.3) is 0 Å². The molecular formula is C24H32ClFN4O2. The van der Waals surface area contributed by atoms with Crippen molar-refractivity contribution in [1.82, 2.24) is 10.3 Å². The molecule has 0 bridgehead atoms. The van der Waals surface area contributed by atoms with Gasteiger partial charge in [-0.25, -0.2) is 14.2 Å². The number of ether oxygens (including phenoxy) is 1. The fourth-order valence-electron chi connectivity index (χ4n) is 3.92. The molecule has 174 valence electrons. The number of hydrogen-bond donors (Lipinski definition) is 3. The summed E-state index contributed by atoms with van der Waals surface area (Å²) >= 11 is 6.16. The predicted octanol–water partition coefficient (Wildman–Crippen LogP) is 6.04. The summed E-state index contributed by atoms with van der Waals surface area (Å²) in [5.74, 6) is -0.287. The molecule has 1 amide bonds. The van der Waals surface area contributed by atoms with Gasteiger partial charge in [0.1, 0.15) is 16.6 Å². The van der Waals surface area contributed by atoms with E-state index in [0.717, 1.165) is 42.5 Å². The van der Waals surface area contributed by atoms with E-state index in [-0.39, 0.29) is 24.0 Å². The zero-order chi connectivity index (χ0) is 23.3. The highest BCUT2D eigenvalue weighted by Gasteiger charge is 2.26. The van der Waals surface area contributed by atoms with Crippen LogP contribution in [0.5, 0.6) is 0 Å². The molecule has 1 aromatic carbocycles. The Morgan fingerprint density at radius 2 is 2.03 bits per heavy atom. The standard InChI is InChI=1S/C24H32ClFN4O2/c1-15-7-5-10-19(26)22(15)28-14-16-13-27-21(25)12-20(16)29-17-8-6-9-18(11-17)30-23(31)32-24(2,3)4/h5,7,10,12-13,17-18,28H,6,8-9,11,14H2,1-4H3,(H,27,29)(H,30,31). The number of rotatable bonds is 6. The largest absolute Gasteiger partial charge is 0.444 e. The van der Waals surface area contributed by atoms with Crippen LogP contribution in [0, 0.1) is 12.7 Å². The molecule has 2 unspecified atom stereocenters. The van der Waals surface area contributed by atoms with Crippen LogP contribution in [0.2, 0.25) is 5.15 Å². The molecule has 1 aliphatic rings. The van der Waals surface area contributed by atoms with Gasteiger partial charge in [-0.1, -0.05) is 23.7 Å². The van der Waals surface area contributed by atoms with Gasteiger partial charge in [-0.15, -0.1) is 0 Å². The van der Waals surface area contributed by atoms with Gasteiger partial charge < -0.3 is 20.7 Å². The van der Waals surface area contributed by atoms with Crippen LogP contribution in [-0.4, -0.2) is 28.8 Å². The Morgan fingerprint density at radius 1 is 1.28 bits per heavy atom. The van der Waals surface area contributed by atoms with E-state index in [1.54, 1.807) is 18.3 Å². The van der Waals surface area contributed by atoms with Crippen molar-refractivity contribution >= 4 is 29.1 Å². The van der Waals surface area contributed by atoms with Crippen LogP contribution >= 0.6 is 11.6 Å². The highest BCUT2D eigenvalue weighted by molar-refractivity contribution is 6.29. The quantitative estimate of drug-likeness (QED) is 0.456. The summed E-state index contributed by atoms with van der Waals surface area (Å²) in [6.07, 6.45) is 4.96. The van der Waals surface area contributed by atoms with Crippen molar-refractivity contribution in [2.24, 2.45) is 0 Å². The van der Waals surface area contributed by atoms with Gasteiger partial charge in [-0.2, -0.15) is 0 Å². The minimum atomic E-state index is -0.525. The van der Waals surface area contributed by atoms with Crippen molar-refractivity contribution in [2.45, 2.75) is 77.6 Å². The van der Waals surface area contributed by atoms with Gasteiger partial charge in [0.05, 0.1) is 5.69 Å². The zero-order valence-corrected chi connectivity index (χ0v) is 19.9. The molecule has 1 aromatic heterocycles. The van der Waals surface area contributed by atoms with Crippen LogP contribution < -0.4 is 16.0 Å². The van der Waals surface area contributed by atoms with Crippen LogP contribution in [0.1, 0.15) is 57.6 Å². The van der Waals surface area contributed by atoms with Crippen molar-refractivity contribution in [2.75, 3.05) is 10.6 Å². The normalized spacial score (nSPS) is 18.7. The average molecular weight is 463 g/mol. The molecule has 0 saturated heterocycles. The van der Waals surface area contributed by atoms with Gasteiger partial charge in [0.2, 0.25) is 0 Å². The van der Waals surface area contributed by atoms with E-state index >= 15 is 0 Å². The molecule has 0 aliphatic heterocycles. The van der Waals surface area contributed by atoms with Gasteiger partial charge in [0, 0.05) is 36.1 Å². The summed E-state index contributed by atoms with van der Waals surface area (Å²) in [7, 11) is 0. The second kappa shape index (κ2) is 10.4. The molecule has 1 aliphatic carbocycles. The fourth-order valence-corrected chi connectivity index (χ4v) is 4.08. The zero-order valence-electron chi connectivity index (χ0n) is 19.1. The fraction of sp³-hybridized carbons (Fsp3) is 0.500. The molecule has 2 aromatic rings. The summed E-state index contributed by atoms with van der Waals surface area (Å²) < 4.78 is 19.6. The van der Waals surface area contributed by atoms with Crippen LogP contribution in [0.3, 0.4) is 0 Å². The van der Waals surface area contributed by atoms with E-state index in [9.17, 15) is 9.18 Å². The number of nitrogens with one attached hydrogen (secondary N) is 3. The number of pyridine rings is 1. The third-order valence-electron chi connectivity index (χ3n) is 5.39. The van der Waals surface area contributed by atoms with E-state index in [1.165, 1.54) is 6.07 Å². The highest BCUT2D eigenvalue weighted by Crippen LogP contribution is 2.27. The molecule has 32 heavy (non-hydrogen) atoms. The van der Waals surface area contributed by atoms with E-state index in [4.69, 9.17) is 16.3 Å². The third kappa shape index (κ3) is 6.99. The molecule has 6 nitrogen and oxygen atoms in total. The van der Waals surface area contributed by atoms with Gasteiger partial charge in [-0.05, 0) is 71.1 Å². The molecule has 1 fully saturated rings. The van der Waals surface area contributed by atoms with Crippen molar-refractivity contribution < 1.29 is 13.9 Å². The summed E-state index contributed by atoms with van der Waals surface area (Å²) in [4.78, 5) is 16.3. The lowest BCUT2D eigenvalue weighted by Gasteiger charge is -2.32. The Morgan fingerprint density at radius 3 is 2.75 bits per heavy atom. The molecule has 3 rings (SSSR count). The average Bonchev–Trinajstić information content (AvgIpc) is 2.68. The van der Waals surface area contributed by atoms with Gasteiger partial charge in [0.15, 0.2) is 0 Å². The first-order valence-corrected chi connectivity index (χ1v) is 11.4. The molecule has 3 N–H and O–H groups in total.